The third kappa shape index (κ3) is 3.92. The quantitative estimate of drug-likeness (QED) is 0.627. The third-order valence-electron chi connectivity index (χ3n) is 3.68. The van der Waals surface area contributed by atoms with Crippen molar-refractivity contribution >= 4 is 17.5 Å². The Morgan fingerprint density at radius 3 is 2.52 bits per heavy atom. The van der Waals surface area contributed by atoms with Gasteiger partial charge < -0.3 is 15.2 Å². The second-order valence-corrected chi connectivity index (χ2v) is 5.10. The first-order chi connectivity index (χ1) is 11.1. The topological polar surface area (TPSA) is 58.6 Å². The molecule has 2 N–H and O–H groups in total. The van der Waals surface area contributed by atoms with Crippen molar-refractivity contribution in [3.63, 3.8) is 0 Å². The van der Waals surface area contributed by atoms with E-state index in [-0.39, 0.29) is 11.5 Å². The summed E-state index contributed by atoms with van der Waals surface area (Å²) in [6.45, 7) is 1.96. The summed E-state index contributed by atoms with van der Waals surface area (Å²) in [6, 6.07) is 10.7. The van der Waals surface area contributed by atoms with E-state index in [1.54, 1.807) is 24.3 Å². The molecule has 2 aromatic rings. The van der Waals surface area contributed by atoms with Crippen molar-refractivity contribution in [1.82, 2.24) is 0 Å². The first kappa shape index (κ1) is 16.6. The van der Waals surface area contributed by atoms with E-state index in [1.807, 2.05) is 32.2 Å². The lowest BCUT2D eigenvalue weighted by Crippen LogP contribution is -1.96. The number of ketones is 1. The fourth-order valence-corrected chi connectivity index (χ4v) is 2.29. The molecule has 0 aliphatic rings. The zero-order valence-electron chi connectivity index (χ0n) is 13.6. The minimum absolute atomic E-state index is 0.0826. The van der Waals surface area contributed by atoms with Gasteiger partial charge in [-0.05, 0) is 54.5 Å². The predicted octanol–water partition coefficient (Wildman–Crippen LogP) is 3.90. The highest BCUT2D eigenvalue weighted by Gasteiger charge is 2.08. The summed E-state index contributed by atoms with van der Waals surface area (Å²) in [4.78, 5) is 12.2. The first-order valence-electron chi connectivity index (χ1n) is 7.49. The number of allylic oxidation sites excluding steroid dienone is 1. The summed E-state index contributed by atoms with van der Waals surface area (Å²) in [5, 5.41) is 12.9. The monoisotopic (exact) mass is 311 g/mol. The van der Waals surface area contributed by atoms with Crippen LogP contribution < -0.4 is 10.1 Å². The van der Waals surface area contributed by atoms with Gasteiger partial charge in [0.1, 0.15) is 11.5 Å². The van der Waals surface area contributed by atoms with E-state index in [0.717, 1.165) is 16.8 Å². The van der Waals surface area contributed by atoms with Gasteiger partial charge in [-0.2, -0.15) is 0 Å². The molecular weight excluding hydrogens is 290 g/mol. The maximum atomic E-state index is 12.2. The van der Waals surface area contributed by atoms with Gasteiger partial charge in [-0.3, -0.25) is 4.79 Å². The van der Waals surface area contributed by atoms with E-state index in [9.17, 15) is 9.90 Å². The van der Waals surface area contributed by atoms with Gasteiger partial charge in [0.05, 0.1) is 7.11 Å². The van der Waals surface area contributed by atoms with Crippen molar-refractivity contribution in [3.05, 3.63) is 59.2 Å². The number of anilines is 1. The van der Waals surface area contributed by atoms with E-state index in [1.165, 1.54) is 13.2 Å². The summed E-state index contributed by atoms with van der Waals surface area (Å²) in [6.07, 6.45) is 3.94. The average Bonchev–Trinajstić information content (AvgIpc) is 2.60. The minimum atomic E-state index is -0.0826. The molecule has 0 bridgehead atoms. The van der Waals surface area contributed by atoms with Crippen molar-refractivity contribution in [3.8, 4) is 11.5 Å². The molecule has 0 atom stereocenters. The van der Waals surface area contributed by atoms with Crippen molar-refractivity contribution in [2.75, 3.05) is 19.5 Å². The van der Waals surface area contributed by atoms with Gasteiger partial charge in [-0.15, -0.1) is 0 Å². The number of carbonyl (C=O) groups excluding carboxylic acids is 1. The number of aryl methyl sites for hydroxylation is 1. The predicted molar refractivity (Wildman–Crippen MR) is 93.4 cm³/mol. The molecule has 0 fully saturated rings. The van der Waals surface area contributed by atoms with Gasteiger partial charge in [0, 0.05) is 29.9 Å². The lowest BCUT2D eigenvalue weighted by Gasteiger charge is -2.09. The van der Waals surface area contributed by atoms with Gasteiger partial charge in [0.2, 0.25) is 0 Å². The summed E-state index contributed by atoms with van der Waals surface area (Å²) in [5.74, 6) is 0.658. The molecule has 0 radical (unpaired) electrons. The van der Waals surface area contributed by atoms with E-state index < -0.39 is 0 Å². The van der Waals surface area contributed by atoms with Gasteiger partial charge in [0.25, 0.3) is 0 Å². The maximum absolute atomic E-state index is 12.2. The molecule has 2 aromatic carbocycles. The molecule has 0 aliphatic carbocycles. The van der Waals surface area contributed by atoms with Crippen LogP contribution in [-0.4, -0.2) is 25.0 Å². The third-order valence-corrected chi connectivity index (χ3v) is 3.68. The molecule has 4 nitrogen and oxygen atoms in total. The average molecular weight is 311 g/mol. The second-order valence-electron chi connectivity index (χ2n) is 5.10. The number of phenols is 1. The van der Waals surface area contributed by atoms with Crippen LogP contribution in [0.5, 0.6) is 11.5 Å². The Labute approximate surface area is 136 Å². The van der Waals surface area contributed by atoms with E-state index in [4.69, 9.17) is 4.74 Å². The molecule has 2 rings (SSSR count). The number of hydrogen-bond donors (Lipinski definition) is 2. The number of phenolic OH excluding ortho intramolecular Hbond substituents is 1. The zero-order valence-corrected chi connectivity index (χ0v) is 13.6. The lowest BCUT2D eigenvalue weighted by molar-refractivity contribution is 0.104. The number of benzene rings is 2. The number of carbonyl (C=O) groups is 1. The Kier molecular flexibility index (Phi) is 5.41. The van der Waals surface area contributed by atoms with Gasteiger partial charge in [-0.1, -0.05) is 6.92 Å². The SMILES string of the molecule is CCc1cc(C=CC(=O)c2ccc(NC)cc2)c(OC)cc1O. The zero-order chi connectivity index (χ0) is 16.8. The van der Waals surface area contributed by atoms with Crippen LogP contribution in [0.25, 0.3) is 6.08 Å². The highest BCUT2D eigenvalue weighted by Crippen LogP contribution is 2.29. The standard InChI is InChI=1S/C19H21NO3/c1-4-13-11-15(19(23-3)12-18(13)22)7-10-17(21)14-5-8-16(20-2)9-6-14/h5-12,20,22H,4H2,1-3H3. The molecule has 0 unspecified atom stereocenters. The number of rotatable bonds is 6. The molecular formula is C19H21NO3. The number of hydrogen-bond acceptors (Lipinski definition) is 4. The van der Waals surface area contributed by atoms with Crippen LogP contribution in [-0.2, 0) is 6.42 Å². The number of aromatic hydroxyl groups is 1. The molecule has 0 saturated carbocycles. The molecule has 0 aromatic heterocycles. The van der Waals surface area contributed by atoms with Crippen LogP contribution in [0.3, 0.4) is 0 Å². The molecule has 120 valence electrons. The lowest BCUT2D eigenvalue weighted by atomic mass is 10.0. The Morgan fingerprint density at radius 1 is 1.26 bits per heavy atom. The van der Waals surface area contributed by atoms with E-state index >= 15 is 0 Å². The Balaban J connectivity index is 2.26. The van der Waals surface area contributed by atoms with Crippen molar-refractivity contribution < 1.29 is 14.6 Å². The Bertz CT molecular complexity index is 718. The molecule has 0 aliphatic heterocycles. The van der Waals surface area contributed by atoms with Gasteiger partial charge >= 0.3 is 0 Å². The molecule has 23 heavy (non-hydrogen) atoms. The van der Waals surface area contributed by atoms with Crippen LogP contribution in [0, 0.1) is 0 Å². The molecule has 0 saturated heterocycles. The van der Waals surface area contributed by atoms with Crippen LogP contribution in [0.1, 0.15) is 28.4 Å². The van der Waals surface area contributed by atoms with Crippen LogP contribution in [0.2, 0.25) is 0 Å². The number of nitrogens with one attached hydrogen (secondary N) is 1. The van der Waals surface area contributed by atoms with Crippen molar-refractivity contribution in [2.45, 2.75) is 13.3 Å². The summed E-state index contributed by atoms with van der Waals surface area (Å²) >= 11 is 0. The summed E-state index contributed by atoms with van der Waals surface area (Å²) in [5.41, 5.74) is 3.16. The fraction of sp³-hybridized carbons (Fsp3) is 0.211. The van der Waals surface area contributed by atoms with E-state index in [2.05, 4.69) is 5.32 Å². The summed E-state index contributed by atoms with van der Waals surface area (Å²) in [7, 11) is 3.37. The highest BCUT2D eigenvalue weighted by atomic mass is 16.5. The Morgan fingerprint density at radius 2 is 1.96 bits per heavy atom. The largest absolute Gasteiger partial charge is 0.508 e. The van der Waals surface area contributed by atoms with Crippen LogP contribution in [0.15, 0.2) is 42.5 Å². The maximum Gasteiger partial charge on any atom is 0.185 e. The molecule has 4 heteroatoms. The highest BCUT2D eigenvalue weighted by molar-refractivity contribution is 6.07. The first-order valence-corrected chi connectivity index (χ1v) is 7.49. The molecule has 0 heterocycles. The van der Waals surface area contributed by atoms with Gasteiger partial charge in [0.15, 0.2) is 5.78 Å². The fourth-order valence-electron chi connectivity index (χ4n) is 2.29. The molecule has 0 amide bonds. The smallest absolute Gasteiger partial charge is 0.185 e. The molecule has 0 spiro atoms. The summed E-state index contributed by atoms with van der Waals surface area (Å²) < 4.78 is 5.26. The van der Waals surface area contributed by atoms with Gasteiger partial charge in [-0.25, -0.2) is 0 Å². The minimum Gasteiger partial charge on any atom is -0.508 e. The number of ether oxygens (including phenoxy) is 1. The van der Waals surface area contributed by atoms with Crippen LogP contribution in [0.4, 0.5) is 5.69 Å². The van der Waals surface area contributed by atoms with Crippen molar-refractivity contribution in [2.24, 2.45) is 0 Å². The normalized spacial score (nSPS) is 10.7. The number of methoxy groups -OCH3 is 1. The second kappa shape index (κ2) is 7.49. The van der Waals surface area contributed by atoms with E-state index in [0.29, 0.717) is 17.7 Å². The Hall–Kier alpha value is -2.75. The van der Waals surface area contributed by atoms with Crippen LogP contribution >= 0.6 is 0 Å². The van der Waals surface area contributed by atoms with Crippen molar-refractivity contribution in [1.29, 1.82) is 0 Å².